The van der Waals surface area contributed by atoms with Gasteiger partial charge in [0.05, 0.1) is 11.0 Å². The molecule has 1 unspecified atom stereocenters. The molecule has 49 heavy (non-hydrogen) atoms. The van der Waals surface area contributed by atoms with E-state index in [1.807, 2.05) is 18.2 Å². The normalized spacial score (nSPS) is 14.7. The van der Waals surface area contributed by atoms with Crippen molar-refractivity contribution >= 4 is 65.8 Å². The van der Waals surface area contributed by atoms with Gasteiger partial charge in [0.1, 0.15) is 12.0 Å². The molecule has 0 saturated carbocycles. The summed E-state index contributed by atoms with van der Waals surface area (Å²) in [6, 6.07) is 60.4. The Kier molecular flexibility index (Phi) is 6.21. The summed E-state index contributed by atoms with van der Waals surface area (Å²) < 4.78 is 2.40. The third-order valence-electron chi connectivity index (χ3n) is 9.81. The number of benzene rings is 8. The summed E-state index contributed by atoms with van der Waals surface area (Å²) in [5.41, 5.74) is 6.60. The molecule has 0 bridgehead atoms. The highest BCUT2D eigenvalue weighted by molar-refractivity contribution is 6.28. The van der Waals surface area contributed by atoms with Gasteiger partial charge in [-0.25, -0.2) is 9.98 Å². The smallest absolute Gasteiger partial charge is 0.159 e. The van der Waals surface area contributed by atoms with Crippen molar-refractivity contribution in [3.05, 3.63) is 187 Å². The second-order valence-electron chi connectivity index (χ2n) is 12.7. The van der Waals surface area contributed by atoms with E-state index in [0.29, 0.717) is 0 Å². The maximum absolute atomic E-state index is 5.09. The van der Waals surface area contributed by atoms with E-state index < -0.39 is 0 Å². The molecule has 0 aliphatic carbocycles. The predicted molar refractivity (Wildman–Crippen MR) is 205 cm³/mol. The number of aliphatic imine (C=N–C) groups is 2. The Morgan fingerprint density at radius 2 is 1.04 bits per heavy atom. The van der Waals surface area contributed by atoms with Crippen LogP contribution in [0.2, 0.25) is 0 Å². The van der Waals surface area contributed by atoms with Gasteiger partial charge in [0.25, 0.3) is 0 Å². The summed E-state index contributed by atoms with van der Waals surface area (Å²) >= 11 is 0. The zero-order valence-corrected chi connectivity index (χ0v) is 26.6. The summed E-state index contributed by atoms with van der Waals surface area (Å²) in [7, 11) is 0. The van der Waals surface area contributed by atoms with Crippen LogP contribution in [0.4, 0.5) is 0 Å². The van der Waals surface area contributed by atoms with Crippen molar-refractivity contribution in [3.63, 3.8) is 0 Å². The Hall–Kier alpha value is -6.52. The van der Waals surface area contributed by atoms with Crippen LogP contribution in [0.25, 0.3) is 59.8 Å². The van der Waals surface area contributed by atoms with Crippen molar-refractivity contribution in [2.24, 2.45) is 9.98 Å². The minimum Gasteiger partial charge on any atom is -0.344 e. The molecular weight excluding hydrogens is 597 g/mol. The summed E-state index contributed by atoms with van der Waals surface area (Å²) in [5, 5.41) is 13.7. The molecule has 1 atom stereocenters. The first-order valence-electron chi connectivity index (χ1n) is 16.7. The third kappa shape index (κ3) is 4.53. The molecular formula is C45H30N4. The maximum Gasteiger partial charge on any atom is 0.159 e. The Balaban J connectivity index is 1.11. The van der Waals surface area contributed by atoms with Gasteiger partial charge in [0.15, 0.2) is 5.84 Å². The summed E-state index contributed by atoms with van der Waals surface area (Å²) in [4.78, 5) is 10.2. The standard InChI is InChI=1S/C45H30N4/c1-2-13-32(14-3-1)43-46-44(48-45(47-43)35-19-18-29-10-4-5-15-34(29)28-35)33-20-24-36(25-21-33)49-39-26-22-30-11-6-8-16-37(30)41(39)42-38-17-9-7-12-31(38)23-27-40(42)49/h1-28,45H,(H,46,47,48). The topological polar surface area (TPSA) is 41.7 Å². The quantitative estimate of drug-likeness (QED) is 0.207. The van der Waals surface area contributed by atoms with Gasteiger partial charge in [-0.3, -0.25) is 0 Å². The van der Waals surface area contributed by atoms with Gasteiger partial charge in [-0.05, 0) is 80.3 Å². The second kappa shape index (κ2) is 11.0. The van der Waals surface area contributed by atoms with Crippen molar-refractivity contribution in [1.82, 2.24) is 9.88 Å². The van der Waals surface area contributed by atoms with Crippen LogP contribution in [-0.4, -0.2) is 16.2 Å². The van der Waals surface area contributed by atoms with E-state index in [9.17, 15) is 0 Å². The van der Waals surface area contributed by atoms with Crippen molar-refractivity contribution in [2.45, 2.75) is 6.17 Å². The van der Waals surface area contributed by atoms with E-state index in [-0.39, 0.29) is 6.17 Å². The number of amidine groups is 2. The van der Waals surface area contributed by atoms with E-state index in [2.05, 4.69) is 162 Å². The highest BCUT2D eigenvalue weighted by Gasteiger charge is 2.22. The van der Waals surface area contributed by atoms with E-state index in [1.54, 1.807) is 0 Å². The van der Waals surface area contributed by atoms with Gasteiger partial charge in [0, 0.05) is 27.6 Å². The molecule has 1 aliphatic heterocycles. The van der Waals surface area contributed by atoms with Crippen LogP contribution in [0.1, 0.15) is 22.9 Å². The van der Waals surface area contributed by atoms with E-state index >= 15 is 0 Å². The van der Waals surface area contributed by atoms with Crippen molar-refractivity contribution < 1.29 is 0 Å². The fraction of sp³-hybridized carbons (Fsp3) is 0.0222. The molecule has 4 nitrogen and oxygen atoms in total. The molecule has 0 radical (unpaired) electrons. The fourth-order valence-electron chi connectivity index (χ4n) is 7.46. The lowest BCUT2D eigenvalue weighted by Gasteiger charge is -2.24. The molecule has 0 fully saturated rings. The van der Waals surface area contributed by atoms with Crippen LogP contribution >= 0.6 is 0 Å². The van der Waals surface area contributed by atoms with Gasteiger partial charge in [0.2, 0.25) is 0 Å². The van der Waals surface area contributed by atoms with Crippen LogP contribution in [0.15, 0.2) is 180 Å². The molecule has 1 aliphatic rings. The molecule has 1 aromatic heterocycles. The molecule has 0 amide bonds. The number of nitrogens with zero attached hydrogens (tertiary/aromatic N) is 3. The average Bonchev–Trinajstić information content (AvgIpc) is 3.53. The number of rotatable bonds is 4. The molecule has 0 spiro atoms. The summed E-state index contributed by atoms with van der Waals surface area (Å²) in [6.07, 6.45) is -0.272. The number of hydrogen-bond donors (Lipinski definition) is 1. The van der Waals surface area contributed by atoms with Crippen molar-refractivity contribution in [3.8, 4) is 5.69 Å². The molecule has 2 heterocycles. The molecule has 9 aromatic rings. The van der Waals surface area contributed by atoms with Gasteiger partial charge in [-0.1, -0.05) is 127 Å². The van der Waals surface area contributed by atoms with Crippen LogP contribution in [0.5, 0.6) is 0 Å². The van der Waals surface area contributed by atoms with Gasteiger partial charge < -0.3 is 9.88 Å². The zero-order valence-electron chi connectivity index (χ0n) is 26.6. The van der Waals surface area contributed by atoms with Gasteiger partial charge in [-0.15, -0.1) is 0 Å². The summed E-state index contributed by atoms with van der Waals surface area (Å²) in [5.74, 6) is 1.52. The first-order chi connectivity index (χ1) is 24.3. The van der Waals surface area contributed by atoms with Crippen molar-refractivity contribution in [1.29, 1.82) is 0 Å². The van der Waals surface area contributed by atoms with Gasteiger partial charge in [-0.2, -0.15) is 0 Å². The van der Waals surface area contributed by atoms with E-state index in [4.69, 9.17) is 9.98 Å². The van der Waals surface area contributed by atoms with E-state index in [0.717, 1.165) is 34.0 Å². The predicted octanol–water partition coefficient (Wildman–Crippen LogP) is 10.7. The lowest BCUT2D eigenvalue weighted by molar-refractivity contribution is 0.675. The molecule has 1 N–H and O–H groups in total. The molecule has 4 heteroatoms. The zero-order chi connectivity index (χ0) is 32.3. The number of aromatic nitrogens is 1. The minimum atomic E-state index is -0.272. The highest BCUT2D eigenvalue weighted by Crippen LogP contribution is 2.40. The average molecular weight is 627 g/mol. The third-order valence-corrected chi connectivity index (χ3v) is 9.81. The van der Waals surface area contributed by atoms with Crippen LogP contribution < -0.4 is 5.32 Å². The Labute approximate surface area is 283 Å². The van der Waals surface area contributed by atoms with Crippen molar-refractivity contribution in [2.75, 3.05) is 0 Å². The van der Waals surface area contributed by atoms with Crippen LogP contribution in [0.3, 0.4) is 0 Å². The van der Waals surface area contributed by atoms with Gasteiger partial charge >= 0.3 is 0 Å². The SMILES string of the molecule is c1ccc(C2=NC(c3ccc4ccccc4c3)NC(c3ccc(-n4c5ccc6ccccc6c5c5c6ccccc6ccc54)cc3)=N2)cc1. The largest absolute Gasteiger partial charge is 0.344 e. The lowest BCUT2D eigenvalue weighted by atomic mass is 10.00. The van der Waals surface area contributed by atoms with Crippen LogP contribution in [0, 0.1) is 0 Å². The summed E-state index contributed by atoms with van der Waals surface area (Å²) in [6.45, 7) is 0. The minimum absolute atomic E-state index is 0.272. The number of nitrogens with one attached hydrogen (secondary N) is 1. The molecule has 8 aromatic carbocycles. The maximum atomic E-state index is 5.09. The monoisotopic (exact) mass is 626 g/mol. The molecule has 230 valence electrons. The first kappa shape index (κ1) is 27.6. The molecule has 10 rings (SSSR count). The Morgan fingerprint density at radius 1 is 0.469 bits per heavy atom. The fourth-order valence-corrected chi connectivity index (χ4v) is 7.46. The Bertz CT molecular complexity index is 2700. The number of fused-ring (bicyclic) bond motifs is 8. The lowest BCUT2D eigenvalue weighted by Crippen LogP contribution is -2.33. The highest BCUT2D eigenvalue weighted by atomic mass is 15.2. The second-order valence-corrected chi connectivity index (χ2v) is 12.7. The van der Waals surface area contributed by atoms with Crippen LogP contribution in [-0.2, 0) is 0 Å². The molecule has 0 saturated heterocycles. The number of hydrogen-bond acceptors (Lipinski definition) is 3. The van der Waals surface area contributed by atoms with E-state index in [1.165, 1.54) is 54.1 Å². The Morgan fingerprint density at radius 3 is 1.71 bits per heavy atom. The first-order valence-corrected chi connectivity index (χ1v) is 16.7.